The average molecular weight is 316 g/mol. The molecule has 0 heterocycles. The first-order valence-electron chi connectivity index (χ1n) is 6.98. The fraction of sp³-hybridized carbons (Fsp3) is 0.235. The van der Waals surface area contributed by atoms with Gasteiger partial charge in [-0.15, -0.1) is 11.8 Å². The molecule has 0 amide bonds. The maximum atomic E-state index is 5.89. The number of benzene rings is 2. The highest BCUT2D eigenvalue weighted by molar-refractivity contribution is 7.98. The van der Waals surface area contributed by atoms with Crippen molar-refractivity contribution < 1.29 is 0 Å². The molecule has 0 spiro atoms. The molecule has 2 aromatic rings. The number of hydrogen-bond donors (Lipinski definition) is 2. The molecule has 110 valence electrons. The molecule has 2 aromatic carbocycles. The van der Waals surface area contributed by atoms with E-state index in [0.29, 0.717) is 4.99 Å². The molecule has 0 unspecified atom stereocenters. The minimum absolute atomic E-state index is 0.421. The number of aryl methyl sites for hydroxylation is 1. The van der Waals surface area contributed by atoms with Crippen LogP contribution in [0.1, 0.15) is 24.5 Å². The second-order valence-corrected chi connectivity index (χ2v) is 6.11. The normalized spacial score (nSPS) is 10.4. The fourth-order valence-electron chi connectivity index (χ4n) is 2.26. The van der Waals surface area contributed by atoms with E-state index >= 15 is 0 Å². The Morgan fingerprint density at radius 3 is 2.48 bits per heavy atom. The number of rotatable bonds is 6. The molecule has 0 bridgehead atoms. The number of thiocarbonyl (C=S) groups is 1. The van der Waals surface area contributed by atoms with Crippen molar-refractivity contribution in [1.29, 1.82) is 0 Å². The quantitative estimate of drug-likeness (QED) is 0.596. The first-order valence-corrected chi connectivity index (χ1v) is 8.61. The summed E-state index contributed by atoms with van der Waals surface area (Å²) in [6.45, 7) is 2.19. The topological polar surface area (TPSA) is 38.0 Å². The summed E-state index contributed by atoms with van der Waals surface area (Å²) in [5.74, 6) is 0. The lowest BCUT2D eigenvalue weighted by atomic mass is 10.1. The van der Waals surface area contributed by atoms with Crippen molar-refractivity contribution in [2.75, 3.05) is 11.6 Å². The molecule has 0 aliphatic rings. The lowest BCUT2D eigenvalue weighted by molar-refractivity contribution is 0.922. The van der Waals surface area contributed by atoms with Crippen molar-refractivity contribution in [3.63, 3.8) is 0 Å². The van der Waals surface area contributed by atoms with Crippen LogP contribution in [0.3, 0.4) is 0 Å². The molecule has 21 heavy (non-hydrogen) atoms. The summed E-state index contributed by atoms with van der Waals surface area (Å²) in [6.07, 6.45) is 4.30. The predicted octanol–water partition coefficient (Wildman–Crippen LogP) is 4.74. The van der Waals surface area contributed by atoms with Crippen LogP contribution in [0.5, 0.6) is 0 Å². The molecule has 0 saturated heterocycles. The average Bonchev–Trinajstić information content (AvgIpc) is 2.49. The lowest BCUT2D eigenvalue weighted by Gasteiger charge is -2.14. The van der Waals surface area contributed by atoms with Gasteiger partial charge in [0.2, 0.25) is 0 Å². The third-order valence-corrected chi connectivity index (χ3v) is 4.25. The van der Waals surface area contributed by atoms with Crippen molar-refractivity contribution in [3.05, 3.63) is 53.6 Å². The molecule has 0 aliphatic heterocycles. The van der Waals surface area contributed by atoms with E-state index in [9.17, 15) is 0 Å². The van der Waals surface area contributed by atoms with E-state index in [2.05, 4.69) is 36.5 Å². The van der Waals surface area contributed by atoms with Crippen LogP contribution in [0.4, 0.5) is 11.4 Å². The standard InChI is InChI=1S/C17H20N2S2/c1-3-5-12-8-10-13(11-9-12)19-14-6-4-7-15(21-2)16(14)17(18)20/h4,6-11,19H,3,5H2,1-2H3,(H2,18,20). The smallest absolute Gasteiger partial charge is 0.107 e. The van der Waals surface area contributed by atoms with Crippen LogP contribution in [0.2, 0.25) is 0 Å². The van der Waals surface area contributed by atoms with E-state index in [-0.39, 0.29) is 0 Å². The van der Waals surface area contributed by atoms with Crippen molar-refractivity contribution in [2.24, 2.45) is 5.73 Å². The number of nitrogens with one attached hydrogen (secondary N) is 1. The second-order valence-electron chi connectivity index (χ2n) is 4.82. The lowest BCUT2D eigenvalue weighted by Crippen LogP contribution is -2.13. The van der Waals surface area contributed by atoms with E-state index in [1.165, 1.54) is 5.56 Å². The molecular formula is C17H20N2S2. The first kappa shape index (κ1) is 15.9. The van der Waals surface area contributed by atoms with Gasteiger partial charge in [-0.25, -0.2) is 0 Å². The summed E-state index contributed by atoms with van der Waals surface area (Å²) in [7, 11) is 0. The zero-order valence-corrected chi connectivity index (χ0v) is 14.0. The summed E-state index contributed by atoms with van der Waals surface area (Å²) in [4.78, 5) is 1.51. The Hall–Kier alpha value is -1.52. The zero-order chi connectivity index (χ0) is 15.2. The summed E-state index contributed by atoms with van der Waals surface area (Å²) in [5, 5.41) is 3.42. The van der Waals surface area contributed by atoms with Gasteiger partial charge in [0.1, 0.15) is 4.99 Å². The van der Waals surface area contributed by atoms with E-state index < -0.39 is 0 Å². The molecule has 4 heteroatoms. The van der Waals surface area contributed by atoms with Gasteiger partial charge in [-0.05, 0) is 42.5 Å². The van der Waals surface area contributed by atoms with Crippen LogP contribution in [0, 0.1) is 0 Å². The fourth-order valence-corrected chi connectivity index (χ4v) is 3.18. The van der Waals surface area contributed by atoms with E-state index in [0.717, 1.165) is 34.7 Å². The van der Waals surface area contributed by atoms with Crippen molar-refractivity contribution in [3.8, 4) is 0 Å². The maximum absolute atomic E-state index is 5.89. The molecule has 2 nitrogen and oxygen atoms in total. The van der Waals surface area contributed by atoms with Gasteiger partial charge in [-0.3, -0.25) is 0 Å². The van der Waals surface area contributed by atoms with Crippen LogP contribution < -0.4 is 11.1 Å². The van der Waals surface area contributed by atoms with E-state index in [1.54, 1.807) is 11.8 Å². The highest BCUT2D eigenvalue weighted by Gasteiger charge is 2.10. The number of anilines is 2. The van der Waals surface area contributed by atoms with E-state index in [1.807, 2.05) is 24.5 Å². The maximum Gasteiger partial charge on any atom is 0.107 e. The van der Waals surface area contributed by atoms with Gasteiger partial charge in [0.15, 0.2) is 0 Å². The summed E-state index contributed by atoms with van der Waals surface area (Å²) in [5.41, 5.74) is 10.2. The second kappa shape index (κ2) is 7.48. The van der Waals surface area contributed by atoms with E-state index in [4.69, 9.17) is 18.0 Å². The van der Waals surface area contributed by atoms with Gasteiger partial charge >= 0.3 is 0 Å². The molecule has 0 atom stereocenters. The van der Waals surface area contributed by atoms with Crippen LogP contribution in [-0.2, 0) is 6.42 Å². The van der Waals surface area contributed by atoms with Crippen LogP contribution in [0.15, 0.2) is 47.4 Å². The van der Waals surface area contributed by atoms with Gasteiger partial charge in [0.25, 0.3) is 0 Å². The van der Waals surface area contributed by atoms with Crippen LogP contribution in [0.25, 0.3) is 0 Å². The largest absolute Gasteiger partial charge is 0.389 e. The monoisotopic (exact) mass is 316 g/mol. The summed E-state index contributed by atoms with van der Waals surface area (Å²) in [6, 6.07) is 14.6. The highest BCUT2D eigenvalue weighted by atomic mass is 32.2. The number of thioether (sulfide) groups is 1. The minimum Gasteiger partial charge on any atom is -0.389 e. The zero-order valence-electron chi connectivity index (χ0n) is 12.3. The number of nitrogens with two attached hydrogens (primary N) is 1. The molecule has 2 rings (SSSR count). The SMILES string of the molecule is CCCc1ccc(Nc2cccc(SC)c2C(N)=S)cc1. The van der Waals surface area contributed by atoms with Crippen molar-refractivity contribution in [2.45, 2.75) is 24.7 Å². The minimum atomic E-state index is 0.421. The highest BCUT2D eigenvalue weighted by Crippen LogP contribution is 2.29. The summed E-state index contributed by atoms with van der Waals surface area (Å²) < 4.78 is 0. The Balaban J connectivity index is 2.28. The first-order chi connectivity index (χ1) is 10.2. The Bertz CT molecular complexity index is 621. The molecule has 3 N–H and O–H groups in total. The third-order valence-electron chi connectivity index (χ3n) is 3.26. The number of hydrogen-bond acceptors (Lipinski definition) is 3. The Morgan fingerprint density at radius 2 is 1.90 bits per heavy atom. The summed E-state index contributed by atoms with van der Waals surface area (Å²) >= 11 is 6.85. The Kier molecular flexibility index (Phi) is 5.65. The van der Waals surface area contributed by atoms with Crippen molar-refractivity contribution >= 4 is 40.3 Å². The van der Waals surface area contributed by atoms with Gasteiger partial charge in [-0.1, -0.05) is 43.8 Å². The molecule has 0 aliphatic carbocycles. The van der Waals surface area contributed by atoms with Gasteiger partial charge in [0, 0.05) is 21.8 Å². The molecular weight excluding hydrogens is 296 g/mol. The van der Waals surface area contributed by atoms with Crippen molar-refractivity contribution in [1.82, 2.24) is 0 Å². The van der Waals surface area contributed by atoms with Gasteiger partial charge in [0.05, 0.1) is 0 Å². The third kappa shape index (κ3) is 3.99. The Morgan fingerprint density at radius 1 is 1.19 bits per heavy atom. The predicted molar refractivity (Wildman–Crippen MR) is 97.8 cm³/mol. The molecule has 0 radical (unpaired) electrons. The van der Waals surface area contributed by atoms with Crippen LogP contribution in [-0.4, -0.2) is 11.2 Å². The Labute approximate surface area is 136 Å². The molecule has 0 fully saturated rings. The van der Waals surface area contributed by atoms with Gasteiger partial charge < -0.3 is 11.1 Å². The molecule has 0 aromatic heterocycles. The van der Waals surface area contributed by atoms with Gasteiger partial charge in [-0.2, -0.15) is 0 Å². The van der Waals surface area contributed by atoms with Crippen LogP contribution >= 0.6 is 24.0 Å². The molecule has 0 saturated carbocycles.